The van der Waals surface area contributed by atoms with E-state index in [1.165, 1.54) is 46.4 Å². The van der Waals surface area contributed by atoms with E-state index in [-0.39, 0.29) is 67.2 Å². The molecule has 8 rings (SSSR count). The molecule has 1 aliphatic heterocycles. The second-order valence-corrected chi connectivity index (χ2v) is 20.7. The SMILES string of the molecule is COC(=O)N(CCOCCN(CCOCCOCCSSCCC(=O)OCC1c2ccccc2-c2ccccc21)C(=O)OCC1=Cc2ccccc2S1(=O)=O)C1c2ccccc2-c2ccccc21. The molecule has 68 heavy (non-hydrogen) atoms. The number of benzene rings is 5. The molecule has 0 fully saturated rings. The maximum absolute atomic E-state index is 13.5. The molecule has 2 aliphatic carbocycles. The molecule has 2 amide bonds. The highest BCUT2D eigenvalue weighted by Gasteiger charge is 2.36. The lowest BCUT2D eigenvalue weighted by Crippen LogP contribution is -2.39. The fraction of sp³-hybridized carbons (Fsp3) is 0.327. The summed E-state index contributed by atoms with van der Waals surface area (Å²) in [6.07, 6.45) is 0.636. The van der Waals surface area contributed by atoms with Gasteiger partial charge < -0.3 is 33.3 Å². The van der Waals surface area contributed by atoms with Gasteiger partial charge in [-0.3, -0.25) is 9.69 Å². The Morgan fingerprint density at radius 2 is 1.09 bits per heavy atom. The number of sulfone groups is 1. The van der Waals surface area contributed by atoms with E-state index >= 15 is 0 Å². The van der Waals surface area contributed by atoms with Gasteiger partial charge in [0.05, 0.1) is 69.0 Å². The molecule has 356 valence electrons. The lowest BCUT2D eigenvalue weighted by molar-refractivity contribution is -0.143. The molecule has 1 heterocycles. The van der Waals surface area contributed by atoms with Crippen molar-refractivity contribution in [1.82, 2.24) is 9.80 Å². The van der Waals surface area contributed by atoms with Gasteiger partial charge in [-0.15, -0.1) is 0 Å². The molecule has 0 radical (unpaired) electrons. The highest BCUT2D eigenvalue weighted by atomic mass is 33.1. The molecule has 0 atom stereocenters. The first-order chi connectivity index (χ1) is 33.3. The van der Waals surface area contributed by atoms with Crippen molar-refractivity contribution in [3.05, 3.63) is 154 Å². The first-order valence-electron chi connectivity index (χ1n) is 22.6. The van der Waals surface area contributed by atoms with Crippen LogP contribution in [0.1, 0.15) is 46.2 Å². The van der Waals surface area contributed by atoms with Crippen LogP contribution >= 0.6 is 21.6 Å². The van der Waals surface area contributed by atoms with E-state index in [4.69, 9.17) is 28.4 Å². The minimum atomic E-state index is -3.78. The Bertz CT molecular complexity index is 2620. The molecule has 5 aromatic carbocycles. The first-order valence-corrected chi connectivity index (χ1v) is 26.5. The Labute approximate surface area is 405 Å². The van der Waals surface area contributed by atoms with Crippen molar-refractivity contribution in [3.63, 3.8) is 0 Å². The van der Waals surface area contributed by atoms with E-state index < -0.39 is 28.6 Å². The molecule has 5 aromatic rings. The molecule has 3 aliphatic rings. The third-order valence-corrected chi connectivity index (χ3v) is 16.3. The summed E-state index contributed by atoms with van der Waals surface area (Å²) < 4.78 is 60.3. The van der Waals surface area contributed by atoms with Gasteiger partial charge in [0.1, 0.15) is 13.2 Å². The number of carbonyl (C=O) groups is 3. The number of esters is 1. The van der Waals surface area contributed by atoms with Crippen LogP contribution in [0.5, 0.6) is 0 Å². The van der Waals surface area contributed by atoms with Crippen LogP contribution < -0.4 is 0 Å². The predicted molar refractivity (Wildman–Crippen MR) is 264 cm³/mol. The summed E-state index contributed by atoms with van der Waals surface area (Å²) >= 11 is 0. The summed E-state index contributed by atoms with van der Waals surface area (Å²) in [6, 6.07) is 38.8. The number of amides is 2. The second kappa shape index (κ2) is 23.6. The largest absolute Gasteiger partial charge is 0.465 e. The maximum atomic E-state index is 13.5. The second-order valence-electron chi connectivity index (χ2n) is 16.1. The zero-order valence-corrected chi connectivity index (χ0v) is 40.2. The van der Waals surface area contributed by atoms with E-state index in [2.05, 4.69) is 24.3 Å². The van der Waals surface area contributed by atoms with Crippen LogP contribution in [0, 0.1) is 0 Å². The minimum absolute atomic E-state index is 0.00166. The van der Waals surface area contributed by atoms with Gasteiger partial charge in [-0.05, 0) is 62.2 Å². The van der Waals surface area contributed by atoms with Gasteiger partial charge in [-0.25, -0.2) is 18.0 Å². The maximum Gasteiger partial charge on any atom is 0.410 e. The molecule has 0 unspecified atom stereocenters. The number of hydrogen-bond donors (Lipinski definition) is 0. The van der Waals surface area contributed by atoms with Crippen LogP contribution in [0.4, 0.5) is 9.59 Å². The van der Waals surface area contributed by atoms with Crippen LogP contribution in [-0.2, 0) is 43.1 Å². The Kier molecular flexibility index (Phi) is 16.9. The van der Waals surface area contributed by atoms with Gasteiger partial charge in [0, 0.05) is 37.1 Å². The van der Waals surface area contributed by atoms with Crippen LogP contribution in [0.3, 0.4) is 0 Å². The average Bonchev–Trinajstić information content (AvgIpc) is 3.96. The summed E-state index contributed by atoms with van der Waals surface area (Å²) in [7, 11) is 0.804. The topological polar surface area (TPSA) is 147 Å². The Balaban J connectivity index is 0.741. The van der Waals surface area contributed by atoms with Gasteiger partial charge in [0.25, 0.3) is 0 Å². The van der Waals surface area contributed by atoms with Gasteiger partial charge in [-0.2, -0.15) is 0 Å². The van der Waals surface area contributed by atoms with E-state index in [0.717, 1.165) is 28.0 Å². The number of fused-ring (bicyclic) bond motifs is 7. The Hall–Kier alpha value is -5.62. The highest BCUT2D eigenvalue weighted by Crippen LogP contribution is 2.47. The molecule has 0 spiro atoms. The molecule has 0 bridgehead atoms. The van der Waals surface area contributed by atoms with Crippen LogP contribution in [0.2, 0.25) is 0 Å². The van der Waals surface area contributed by atoms with Crippen molar-refractivity contribution in [1.29, 1.82) is 0 Å². The Morgan fingerprint density at radius 3 is 1.71 bits per heavy atom. The fourth-order valence-electron chi connectivity index (χ4n) is 8.74. The fourth-order valence-corrected chi connectivity index (χ4v) is 12.0. The number of nitrogens with zero attached hydrogens (tertiary/aromatic N) is 2. The number of hydrogen-bond acceptors (Lipinski definition) is 13. The lowest BCUT2D eigenvalue weighted by Gasteiger charge is -2.29. The summed E-state index contributed by atoms with van der Waals surface area (Å²) in [6.45, 7) is 1.96. The van der Waals surface area contributed by atoms with Gasteiger partial charge in [0.2, 0.25) is 9.84 Å². The van der Waals surface area contributed by atoms with E-state index in [0.29, 0.717) is 44.2 Å². The highest BCUT2D eigenvalue weighted by molar-refractivity contribution is 8.76. The normalized spacial score (nSPS) is 14.0. The van der Waals surface area contributed by atoms with Gasteiger partial charge in [0.15, 0.2) is 0 Å². The third kappa shape index (κ3) is 11.4. The van der Waals surface area contributed by atoms with Crippen LogP contribution in [0.25, 0.3) is 28.3 Å². The standard InChI is InChI=1S/C52H54N2O11S3/c1-60-52(57)54(50-45-19-9-7-15-41(45)42-16-8-10-20-46(42)50)25-28-61-26-23-53(51(56)65-35-38-34-37-12-2-11-21-48(37)68(38,58)59)24-27-62-29-30-63-31-33-67-66-32-22-49(55)64-36-47-43-17-5-3-13-39(43)40-14-4-6-18-44(40)47/h2-21,34,47,50H,22-33,35-36H2,1H3. The monoisotopic (exact) mass is 978 g/mol. The Morgan fingerprint density at radius 1 is 0.574 bits per heavy atom. The zero-order valence-electron chi connectivity index (χ0n) is 37.8. The average molecular weight is 979 g/mol. The van der Waals surface area contributed by atoms with Crippen molar-refractivity contribution in [2.75, 3.05) is 91.1 Å². The molecule has 0 aromatic heterocycles. The molecule has 0 N–H and O–H groups in total. The van der Waals surface area contributed by atoms with Crippen LogP contribution in [0.15, 0.2) is 131 Å². The van der Waals surface area contributed by atoms with E-state index in [1.807, 2.05) is 72.8 Å². The third-order valence-electron chi connectivity index (χ3n) is 12.0. The molecule has 0 saturated carbocycles. The van der Waals surface area contributed by atoms with Crippen LogP contribution in [-0.4, -0.2) is 127 Å². The van der Waals surface area contributed by atoms with E-state index in [1.54, 1.807) is 44.7 Å². The number of methoxy groups -OCH3 is 1. The van der Waals surface area contributed by atoms with Crippen molar-refractivity contribution >= 4 is 55.7 Å². The van der Waals surface area contributed by atoms with Crippen molar-refractivity contribution in [3.8, 4) is 22.3 Å². The van der Waals surface area contributed by atoms with Crippen molar-refractivity contribution < 1.29 is 51.2 Å². The predicted octanol–water partition coefficient (Wildman–Crippen LogP) is 9.27. The summed E-state index contributed by atoms with van der Waals surface area (Å²) in [5.41, 5.74) is 9.46. The van der Waals surface area contributed by atoms with Gasteiger partial charge in [-0.1, -0.05) is 137 Å². The van der Waals surface area contributed by atoms with Gasteiger partial charge >= 0.3 is 18.2 Å². The summed E-state index contributed by atoms with van der Waals surface area (Å²) in [4.78, 5) is 42.5. The van der Waals surface area contributed by atoms with Crippen molar-refractivity contribution in [2.24, 2.45) is 0 Å². The number of rotatable bonds is 24. The molecule has 0 saturated heterocycles. The number of ether oxygens (including phenoxy) is 6. The smallest absolute Gasteiger partial charge is 0.410 e. The zero-order chi connectivity index (χ0) is 47.3. The van der Waals surface area contributed by atoms with E-state index in [9.17, 15) is 22.8 Å². The summed E-state index contributed by atoms with van der Waals surface area (Å²) in [5.74, 6) is 1.19. The number of carbonyl (C=O) groups excluding carboxylic acids is 3. The first kappa shape index (κ1) is 48.8. The molecule has 13 nitrogen and oxygen atoms in total. The van der Waals surface area contributed by atoms with Crippen molar-refractivity contribution in [2.45, 2.75) is 23.3 Å². The summed E-state index contributed by atoms with van der Waals surface area (Å²) in [5, 5.41) is 0. The minimum Gasteiger partial charge on any atom is -0.465 e. The quantitative estimate of drug-likeness (QED) is 0.0251. The molecular formula is C52H54N2O11S3. The molecular weight excluding hydrogens is 925 g/mol. The lowest BCUT2D eigenvalue weighted by atomic mass is 9.98. The molecule has 16 heteroatoms.